The molecule has 4 aliphatic heterocycles. The lowest BCUT2D eigenvalue weighted by Crippen LogP contribution is -2.52. The van der Waals surface area contributed by atoms with Crippen LogP contribution in [-0.2, 0) is 49.0 Å². The van der Waals surface area contributed by atoms with E-state index in [0.717, 1.165) is 27.2 Å². The Morgan fingerprint density at radius 3 is 2.07 bits per heavy atom. The second-order valence-electron chi connectivity index (χ2n) is 20.8. The van der Waals surface area contributed by atoms with E-state index in [0.29, 0.717) is 17.7 Å². The Morgan fingerprint density at radius 2 is 1.49 bits per heavy atom. The fourth-order valence-electron chi connectivity index (χ4n) is 8.12. The molecule has 0 saturated carbocycles. The minimum atomic E-state index is -2.65. The van der Waals surface area contributed by atoms with Crippen molar-refractivity contribution in [1.82, 2.24) is 4.90 Å². The largest absolute Gasteiger partial charge is 0.497 e. The molecular weight excluding hydrogens is 914 g/mol. The number of carbonyl (C=O) groups is 3. The van der Waals surface area contributed by atoms with E-state index in [4.69, 9.17) is 63.4 Å². The van der Waals surface area contributed by atoms with Crippen molar-refractivity contribution < 1.29 is 66.2 Å². The number of nitrogens with zero attached hydrogens (tertiary/aromatic N) is 1. The molecule has 0 radical (unpaired) electrons. The third-order valence-corrected chi connectivity index (χ3v) is 17.0. The molecule has 0 aromatic heterocycles. The van der Waals surface area contributed by atoms with Gasteiger partial charge in [0.2, 0.25) is 0 Å². The van der Waals surface area contributed by atoms with Crippen LogP contribution >= 0.6 is 11.6 Å². The monoisotopic (exact) mass is 981 g/mol. The van der Waals surface area contributed by atoms with E-state index in [-0.39, 0.29) is 53.9 Å². The average Bonchev–Trinajstić information content (AvgIpc) is 3.70. The van der Waals surface area contributed by atoms with E-state index in [1.54, 1.807) is 61.8 Å². The van der Waals surface area contributed by atoms with Gasteiger partial charge in [-0.25, -0.2) is 14.5 Å². The first-order valence-corrected chi connectivity index (χ1v) is 26.0. The van der Waals surface area contributed by atoms with Crippen LogP contribution in [0.4, 0.5) is 9.59 Å². The lowest BCUT2D eigenvalue weighted by atomic mass is 9.93. The van der Waals surface area contributed by atoms with E-state index in [1.807, 2.05) is 42.5 Å². The Labute approximate surface area is 406 Å². The zero-order valence-corrected chi connectivity index (χ0v) is 43.6. The van der Waals surface area contributed by atoms with Crippen LogP contribution in [0.25, 0.3) is 5.57 Å². The summed E-state index contributed by atoms with van der Waals surface area (Å²) in [5.74, 6) is 0.151. The number of rotatable bonds is 13. The molecule has 372 valence electrons. The minimum absolute atomic E-state index is 0.0441. The third-order valence-electron chi connectivity index (χ3n) is 12.2. The maximum absolute atomic E-state index is 14.4. The van der Waals surface area contributed by atoms with Crippen LogP contribution in [0.3, 0.4) is 0 Å². The SMILES string of the molecule is COCOc1cc2cc(Cl)c1O[C@@H]1c3ccc(cc3C3=C[C@@H](OCOC)C[C@@]31O[Si](C)(C)C(C)(C)C)[C@H](OCc1ccc(OC)cc1)COC(=O)C[C@@H]2N(C(=O)OC(C)(C)C)C(=O)OC(C)(C)C. The van der Waals surface area contributed by atoms with Crippen molar-refractivity contribution >= 4 is 43.6 Å². The highest BCUT2D eigenvalue weighted by molar-refractivity contribution is 6.74. The number of halogens is 1. The number of fused-ring (bicyclic) bond motifs is 1. The van der Waals surface area contributed by atoms with Crippen LogP contribution in [0.15, 0.2) is 60.7 Å². The molecular formula is C51H68ClNO14Si. The molecule has 3 aromatic carbocycles. The number of hydrogen-bond acceptors (Lipinski definition) is 14. The summed E-state index contributed by atoms with van der Waals surface area (Å²) in [6.45, 7) is 20.6. The predicted octanol–water partition coefficient (Wildman–Crippen LogP) is 11.4. The number of benzene rings is 3. The highest BCUT2D eigenvalue weighted by Gasteiger charge is 2.60. The molecule has 0 saturated heterocycles. The normalized spacial score (nSPS) is 21.7. The second-order valence-corrected chi connectivity index (χ2v) is 25.9. The molecule has 17 heteroatoms. The second kappa shape index (κ2) is 20.7. The first-order valence-electron chi connectivity index (χ1n) is 22.7. The van der Waals surface area contributed by atoms with Gasteiger partial charge in [-0.3, -0.25) is 4.79 Å². The zero-order chi connectivity index (χ0) is 50.0. The molecule has 0 spiro atoms. The smallest absolute Gasteiger partial charge is 0.420 e. The van der Waals surface area contributed by atoms with Crippen LogP contribution in [-0.4, -0.2) is 95.8 Å². The maximum Gasteiger partial charge on any atom is 0.420 e. The van der Waals surface area contributed by atoms with Gasteiger partial charge >= 0.3 is 18.2 Å². The third kappa shape index (κ3) is 12.0. The van der Waals surface area contributed by atoms with Gasteiger partial charge in [-0.2, -0.15) is 0 Å². The highest BCUT2D eigenvalue weighted by Crippen LogP contribution is 2.61. The van der Waals surface area contributed by atoms with Crippen LogP contribution < -0.4 is 14.2 Å². The number of esters is 1. The van der Waals surface area contributed by atoms with Crippen molar-refractivity contribution in [3.05, 3.63) is 93.5 Å². The Bertz CT molecular complexity index is 2300. The summed E-state index contributed by atoms with van der Waals surface area (Å²) in [6.07, 6.45) is -2.29. The van der Waals surface area contributed by atoms with E-state index >= 15 is 0 Å². The number of amides is 2. The van der Waals surface area contributed by atoms with E-state index in [9.17, 15) is 14.4 Å². The molecule has 5 atom stereocenters. The lowest BCUT2D eigenvalue weighted by Gasteiger charge is -2.46. The molecule has 68 heavy (non-hydrogen) atoms. The van der Waals surface area contributed by atoms with Gasteiger partial charge in [0.25, 0.3) is 0 Å². The topological polar surface area (TPSA) is 156 Å². The summed E-state index contributed by atoms with van der Waals surface area (Å²) in [4.78, 5) is 43.7. The van der Waals surface area contributed by atoms with Crippen LogP contribution in [0, 0.1) is 0 Å². The van der Waals surface area contributed by atoms with Gasteiger partial charge in [0, 0.05) is 26.2 Å². The molecule has 0 N–H and O–H groups in total. The van der Waals surface area contributed by atoms with Crippen molar-refractivity contribution in [3.8, 4) is 17.2 Å². The molecule has 15 nitrogen and oxygen atoms in total. The van der Waals surface area contributed by atoms with Crippen LogP contribution in [0.5, 0.6) is 17.2 Å². The number of carbonyl (C=O) groups excluding carboxylic acids is 3. The lowest BCUT2D eigenvalue weighted by molar-refractivity contribution is -0.149. The Balaban J connectivity index is 1.60. The quantitative estimate of drug-likeness (QED) is 0.0690. The van der Waals surface area contributed by atoms with Gasteiger partial charge in [0.1, 0.15) is 42.1 Å². The summed E-state index contributed by atoms with van der Waals surface area (Å²) in [5, 5.41) is -0.181. The van der Waals surface area contributed by atoms with Crippen molar-refractivity contribution in [1.29, 1.82) is 0 Å². The first-order chi connectivity index (χ1) is 31.8. The molecule has 0 fully saturated rings. The van der Waals surface area contributed by atoms with Crippen molar-refractivity contribution in [3.63, 3.8) is 0 Å². The molecule has 2 amide bonds. The van der Waals surface area contributed by atoms with Crippen molar-refractivity contribution in [2.75, 3.05) is 41.5 Å². The minimum Gasteiger partial charge on any atom is -0.497 e. The molecule has 6 bridgehead atoms. The molecule has 4 heterocycles. The van der Waals surface area contributed by atoms with Crippen molar-refractivity contribution in [2.24, 2.45) is 0 Å². The van der Waals surface area contributed by atoms with Crippen molar-refractivity contribution in [2.45, 2.75) is 141 Å². The number of methoxy groups -OCH3 is 3. The molecule has 6 aliphatic rings. The summed E-state index contributed by atoms with van der Waals surface area (Å²) in [6, 6.07) is 15.1. The fourth-order valence-corrected chi connectivity index (χ4v) is 9.90. The summed E-state index contributed by atoms with van der Waals surface area (Å²) in [5.41, 5.74) is 1.05. The summed E-state index contributed by atoms with van der Waals surface area (Å²) >= 11 is 7.33. The standard InChI is InChI=1S/C51H68ClNO14Si/c1-48(2,3)65-46(55)53(47(56)66-49(4,5)6)40-25-43(54)61-28-42(60-27-31-15-18-34(59-12)19-16-31)32-17-20-36-37(21-32)38-24-35(62-29-57-10)26-51(38,67-68(13,14)50(7,8)9)45(36)64-44-39(52)22-33(40)23-41(44)63-30-58-11/h15-24,35,40,42,45H,25-30H2,1-14H3/t35-,40+,42-,45-,51-/m1/s1. The number of hydrogen-bond donors (Lipinski definition) is 0. The predicted molar refractivity (Wildman–Crippen MR) is 257 cm³/mol. The Morgan fingerprint density at radius 1 is 0.838 bits per heavy atom. The van der Waals surface area contributed by atoms with Gasteiger partial charge in [0.15, 0.2) is 32.7 Å². The fraction of sp³-hybridized carbons (Fsp3) is 0.549. The number of imide groups is 1. The van der Waals surface area contributed by atoms with E-state index in [2.05, 4.69) is 39.9 Å². The summed E-state index contributed by atoms with van der Waals surface area (Å²) < 4.78 is 67.9. The maximum atomic E-state index is 14.4. The van der Waals surface area contributed by atoms with Gasteiger partial charge in [-0.1, -0.05) is 56.6 Å². The van der Waals surface area contributed by atoms with Gasteiger partial charge in [-0.05, 0) is 124 Å². The molecule has 9 rings (SSSR count). The van der Waals surface area contributed by atoms with E-state index < -0.39 is 74.1 Å². The first kappa shape index (κ1) is 52.7. The molecule has 0 unspecified atom stereocenters. The zero-order valence-electron chi connectivity index (χ0n) is 41.9. The number of ether oxygens (including phenoxy) is 10. The van der Waals surface area contributed by atoms with Crippen LogP contribution in [0.2, 0.25) is 23.2 Å². The van der Waals surface area contributed by atoms with Crippen LogP contribution in [0.1, 0.15) is 121 Å². The van der Waals surface area contributed by atoms with Gasteiger partial charge < -0.3 is 51.8 Å². The molecule has 3 aromatic rings. The molecule has 2 aliphatic carbocycles. The van der Waals surface area contributed by atoms with E-state index in [1.165, 1.54) is 13.2 Å². The highest BCUT2D eigenvalue weighted by atomic mass is 35.5. The average molecular weight is 983 g/mol. The summed E-state index contributed by atoms with van der Waals surface area (Å²) in [7, 11) is 1.99. The van der Waals surface area contributed by atoms with Gasteiger partial charge in [0.05, 0.1) is 37.3 Å². The van der Waals surface area contributed by atoms with Gasteiger partial charge in [-0.15, -0.1) is 0 Å². The Hall–Kier alpha value is -4.68. The Kier molecular flexibility index (Phi) is 16.1.